The van der Waals surface area contributed by atoms with E-state index < -0.39 is 11.9 Å². The second-order valence-corrected chi connectivity index (χ2v) is 5.11. The molecule has 0 radical (unpaired) electrons. The van der Waals surface area contributed by atoms with Crippen molar-refractivity contribution in [1.29, 1.82) is 0 Å². The third-order valence-electron chi connectivity index (χ3n) is 2.28. The molecule has 1 N–H and O–H groups in total. The molecule has 0 spiro atoms. The minimum Gasteiger partial charge on any atom is -0.385 e. The molecule has 1 rings (SSSR count). The second kappa shape index (κ2) is 5.41. The molecule has 0 aliphatic rings. The highest BCUT2D eigenvalue weighted by Crippen LogP contribution is 2.34. The zero-order valence-electron chi connectivity index (χ0n) is 8.99. The lowest BCUT2D eigenvalue weighted by atomic mass is 9.95. The number of hydrogen-bond donors (Lipinski definition) is 1. The number of aliphatic hydroxyl groups is 1. The van der Waals surface area contributed by atoms with E-state index in [0.717, 1.165) is 10.0 Å². The van der Waals surface area contributed by atoms with E-state index in [9.17, 15) is 5.11 Å². The molecule has 1 unspecified atom stereocenters. The molecule has 0 amide bonds. The van der Waals surface area contributed by atoms with Crippen LogP contribution in [-0.2, 0) is 15.1 Å². The first kappa shape index (κ1) is 13.1. The van der Waals surface area contributed by atoms with Gasteiger partial charge in [0.25, 0.3) is 0 Å². The number of ether oxygens (including phenoxy) is 2. The Kier molecular flexibility index (Phi) is 4.73. The first-order valence-corrected chi connectivity index (χ1v) is 6.25. The molecule has 86 valence electrons. The van der Waals surface area contributed by atoms with Crippen molar-refractivity contribution < 1.29 is 14.6 Å². The van der Waals surface area contributed by atoms with Gasteiger partial charge in [-0.05, 0) is 28.2 Å². The molecule has 15 heavy (non-hydrogen) atoms. The van der Waals surface area contributed by atoms with E-state index in [4.69, 9.17) is 9.47 Å². The van der Waals surface area contributed by atoms with Gasteiger partial charge in [0.1, 0.15) is 0 Å². The normalized spacial score (nSPS) is 15.6. The SMILES string of the molecule is COC(CC(C)(O)c1cscc1Br)OC. The lowest BCUT2D eigenvalue weighted by molar-refractivity contribution is -0.142. The van der Waals surface area contributed by atoms with Crippen LogP contribution in [0.15, 0.2) is 15.2 Å². The highest BCUT2D eigenvalue weighted by Gasteiger charge is 2.30. The van der Waals surface area contributed by atoms with Crippen molar-refractivity contribution in [2.24, 2.45) is 0 Å². The van der Waals surface area contributed by atoms with E-state index in [2.05, 4.69) is 15.9 Å². The molecular weight excluding hydrogens is 280 g/mol. The van der Waals surface area contributed by atoms with Gasteiger partial charge in [-0.2, -0.15) is 11.3 Å². The maximum absolute atomic E-state index is 10.3. The van der Waals surface area contributed by atoms with Crippen molar-refractivity contribution in [3.05, 3.63) is 20.8 Å². The predicted octanol–water partition coefficient (Wildman–Crippen LogP) is 2.73. The van der Waals surface area contributed by atoms with Gasteiger partial charge in [0.2, 0.25) is 0 Å². The molecule has 5 heteroatoms. The Balaban J connectivity index is 2.79. The summed E-state index contributed by atoms with van der Waals surface area (Å²) in [7, 11) is 3.12. The number of rotatable bonds is 5. The summed E-state index contributed by atoms with van der Waals surface area (Å²) in [6.45, 7) is 1.75. The monoisotopic (exact) mass is 294 g/mol. The molecule has 1 aromatic heterocycles. The fraction of sp³-hybridized carbons (Fsp3) is 0.600. The Morgan fingerprint density at radius 1 is 1.47 bits per heavy atom. The van der Waals surface area contributed by atoms with Crippen LogP contribution in [0.2, 0.25) is 0 Å². The first-order valence-electron chi connectivity index (χ1n) is 4.51. The van der Waals surface area contributed by atoms with Gasteiger partial charge in [0, 0.05) is 36.1 Å². The molecule has 1 atom stereocenters. The molecule has 1 heterocycles. The summed E-state index contributed by atoms with van der Waals surface area (Å²) in [5.41, 5.74) is -0.0817. The third kappa shape index (κ3) is 3.26. The molecule has 0 aromatic carbocycles. The van der Waals surface area contributed by atoms with Crippen LogP contribution in [0.3, 0.4) is 0 Å². The quantitative estimate of drug-likeness (QED) is 0.849. The Morgan fingerprint density at radius 3 is 2.47 bits per heavy atom. The van der Waals surface area contributed by atoms with Gasteiger partial charge in [-0.15, -0.1) is 0 Å². The molecule has 0 bridgehead atoms. The van der Waals surface area contributed by atoms with Gasteiger partial charge in [0.05, 0.1) is 5.60 Å². The van der Waals surface area contributed by atoms with Crippen LogP contribution < -0.4 is 0 Å². The zero-order valence-corrected chi connectivity index (χ0v) is 11.4. The summed E-state index contributed by atoms with van der Waals surface area (Å²) in [6.07, 6.45) is 0.00167. The lowest BCUT2D eigenvalue weighted by Gasteiger charge is -2.27. The van der Waals surface area contributed by atoms with Gasteiger partial charge >= 0.3 is 0 Å². The highest BCUT2D eigenvalue weighted by molar-refractivity contribution is 9.10. The summed E-state index contributed by atoms with van der Waals surface area (Å²) in [5.74, 6) is 0. The minimum absolute atomic E-state index is 0.396. The van der Waals surface area contributed by atoms with E-state index in [1.54, 1.807) is 32.5 Å². The van der Waals surface area contributed by atoms with Crippen LogP contribution in [0.25, 0.3) is 0 Å². The standard InChI is InChI=1S/C10H15BrO3S/c1-10(12,4-9(13-2)14-3)7-5-15-6-8(7)11/h5-6,9,12H,4H2,1-3H3. The fourth-order valence-electron chi connectivity index (χ4n) is 1.36. The second-order valence-electron chi connectivity index (χ2n) is 3.51. The van der Waals surface area contributed by atoms with Crippen LogP contribution in [0, 0.1) is 0 Å². The summed E-state index contributed by atoms with van der Waals surface area (Å²) in [5, 5.41) is 14.2. The van der Waals surface area contributed by atoms with Crippen LogP contribution in [0.5, 0.6) is 0 Å². The molecule has 0 fully saturated rings. The number of methoxy groups -OCH3 is 2. The van der Waals surface area contributed by atoms with Crippen LogP contribution in [0.4, 0.5) is 0 Å². The Hall–Kier alpha value is 0.0600. The van der Waals surface area contributed by atoms with Crippen LogP contribution in [0.1, 0.15) is 18.9 Å². The predicted molar refractivity (Wildman–Crippen MR) is 64.0 cm³/mol. The topological polar surface area (TPSA) is 38.7 Å². The van der Waals surface area contributed by atoms with E-state index >= 15 is 0 Å². The summed E-state index contributed by atoms with van der Waals surface area (Å²) in [4.78, 5) is 0. The van der Waals surface area contributed by atoms with Crippen molar-refractivity contribution in [2.45, 2.75) is 25.2 Å². The third-order valence-corrected chi connectivity index (χ3v) is 3.99. The van der Waals surface area contributed by atoms with E-state index in [0.29, 0.717) is 6.42 Å². The Labute approximate surface area is 102 Å². The molecule has 0 saturated heterocycles. The molecular formula is C10H15BrO3S. The largest absolute Gasteiger partial charge is 0.385 e. The van der Waals surface area contributed by atoms with Crippen molar-refractivity contribution in [1.82, 2.24) is 0 Å². The molecule has 0 aliphatic carbocycles. The summed E-state index contributed by atoms with van der Waals surface area (Å²) >= 11 is 4.95. The molecule has 1 aromatic rings. The van der Waals surface area contributed by atoms with Crippen molar-refractivity contribution in [2.75, 3.05) is 14.2 Å². The summed E-state index contributed by atoms with van der Waals surface area (Å²) < 4.78 is 11.1. The molecule has 0 saturated carbocycles. The lowest BCUT2D eigenvalue weighted by Crippen LogP contribution is -2.29. The number of halogens is 1. The van der Waals surface area contributed by atoms with Crippen molar-refractivity contribution >= 4 is 27.3 Å². The van der Waals surface area contributed by atoms with Gasteiger partial charge in [-0.1, -0.05) is 0 Å². The van der Waals surface area contributed by atoms with E-state index in [-0.39, 0.29) is 0 Å². The average molecular weight is 295 g/mol. The van der Waals surface area contributed by atoms with Gasteiger partial charge in [-0.25, -0.2) is 0 Å². The number of thiophene rings is 1. The minimum atomic E-state index is -0.949. The Morgan fingerprint density at radius 2 is 2.07 bits per heavy atom. The van der Waals surface area contributed by atoms with Crippen LogP contribution >= 0.6 is 27.3 Å². The average Bonchev–Trinajstić information content (AvgIpc) is 2.61. The maximum atomic E-state index is 10.3. The highest BCUT2D eigenvalue weighted by atomic mass is 79.9. The fourth-order valence-corrected chi connectivity index (χ4v) is 3.21. The van der Waals surface area contributed by atoms with Gasteiger partial charge < -0.3 is 14.6 Å². The van der Waals surface area contributed by atoms with Gasteiger partial charge in [0.15, 0.2) is 6.29 Å². The maximum Gasteiger partial charge on any atom is 0.159 e. The van der Waals surface area contributed by atoms with Crippen LogP contribution in [-0.4, -0.2) is 25.6 Å². The summed E-state index contributed by atoms with van der Waals surface area (Å²) in [6, 6.07) is 0. The first-order chi connectivity index (χ1) is 7.01. The van der Waals surface area contributed by atoms with Crippen molar-refractivity contribution in [3.63, 3.8) is 0 Å². The molecule has 3 nitrogen and oxygen atoms in total. The van der Waals surface area contributed by atoms with E-state index in [1.165, 1.54) is 0 Å². The zero-order chi connectivity index (χ0) is 11.5. The smallest absolute Gasteiger partial charge is 0.159 e. The van der Waals surface area contributed by atoms with Crippen molar-refractivity contribution in [3.8, 4) is 0 Å². The Bertz CT molecular complexity index is 307. The van der Waals surface area contributed by atoms with Gasteiger partial charge in [-0.3, -0.25) is 0 Å². The number of hydrogen-bond acceptors (Lipinski definition) is 4. The van der Waals surface area contributed by atoms with E-state index in [1.807, 2.05) is 10.8 Å². The molecule has 0 aliphatic heterocycles.